The predicted molar refractivity (Wildman–Crippen MR) is 123 cm³/mol. The smallest absolute Gasteiger partial charge is 0.306 e. The Morgan fingerprint density at radius 2 is 1.12 bits per heavy atom. The molecular weight excluding hydrogens is 416 g/mol. The monoisotopic (exact) mass is 456 g/mol. The average Bonchev–Trinajstić information content (AvgIpc) is 2.81. The lowest BCUT2D eigenvalue weighted by atomic mass is 10.2. The summed E-state index contributed by atoms with van der Waals surface area (Å²) in [7, 11) is 1.33. The lowest BCUT2D eigenvalue weighted by Gasteiger charge is -2.05. The molecule has 184 valence electrons. The number of carbonyl (C=O) groups is 4. The van der Waals surface area contributed by atoms with E-state index < -0.39 is 0 Å². The van der Waals surface area contributed by atoms with Crippen LogP contribution in [0.3, 0.4) is 0 Å². The Balaban J connectivity index is -0.000000486. The maximum Gasteiger partial charge on any atom is 0.306 e. The molecule has 0 unspecified atom stereocenters. The molecule has 32 heavy (non-hydrogen) atoms. The third-order valence-electron chi connectivity index (χ3n) is 3.13. The number of hydrogen-bond donors (Lipinski definition) is 0. The fraction of sp³-hybridized carbons (Fsp3) is 0.583. The van der Waals surface area contributed by atoms with Crippen LogP contribution in [-0.4, -0.2) is 44.2 Å². The molecule has 0 fully saturated rings. The van der Waals surface area contributed by atoms with E-state index in [9.17, 15) is 19.2 Å². The molecule has 0 saturated carbocycles. The lowest BCUT2D eigenvalue weighted by Crippen LogP contribution is -2.07. The summed E-state index contributed by atoms with van der Waals surface area (Å²) in [6.45, 7) is 11.5. The maximum absolute atomic E-state index is 11.3. The van der Waals surface area contributed by atoms with Crippen molar-refractivity contribution in [3.05, 3.63) is 35.9 Å². The molecule has 0 amide bonds. The van der Waals surface area contributed by atoms with Crippen molar-refractivity contribution in [3.63, 3.8) is 0 Å². The number of esters is 4. The summed E-state index contributed by atoms with van der Waals surface area (Å²) >= 11 is 0. The van der Waals surface area contributed by atoms with Gasteiger partial charge >= 0.3 is 23.9 Å². The highest BCUT2D eigenvalue weighted by Gasteiger charge is 2.04. The van der Waals surface area contributed by atoms with E-state index in [4.69, 9.17) is 9.47 Å². The van der Waals surface area contributed by atoms with E-state index in [0.717, 1.165) is 5.56 Å². The fourth-order valence-corrected chi connectivity index (χ4v) is 1.78. The Hall–Kier alpha value is -2.90. The minimum atomic E-state index is -0.331. The Morgan fingerprint density at radius 1 is 0.688 bits per heavy atom. The van der Waals surface area contributed by atoms with Crippen molar-refractivity contribution in [2.24, 2.45) is 0 Å². The molecule has 0 atom stereocenters. The molecule has 1 aromatic carbocycles. The van der Waals surface area contributed by atoms with Crippen molar-refractivity contribution < 1.29 is 38.1 Å². The van der Waals surface area contributed by atoms with Crippen LogP contribution in [-0.2, 0) is 44.7 Å². The van der Waals surface area contributed by atoms with Crippen LogP contribution in [0, 0.1) is 0 Å². The normalized spacial score (nSPS) is 8.59. The van der Waals surface area contributed by atoms with E-state index in [-0.39, 0.29) is 50.1 Å². The molecule has 8 heteroatoms. The second kappa shape index (κ2) is 26.1. The van der Waals surface area contributed by atoms with Gasteiger partial charge in [0.2, 0.25) is 0 Å². The Bertz CT molecular complexity index is 599. The van der Waals surface area contributed by atoms with Crippen molar-refractivity contribution in [2.45, 2.75) is 73.8 Å². The summed E-state index contributed by atoms with van der Waals surface area (Å²) in [5.41, 5.74) is 0.959. The van der Waals surface area contributed by atoms with Crippen LogP contribution in [0.2, 0.25) is 0 Å². The first-order chi connectivity index (χ1) is 15.3. The molecule has 8 nitrogen and oxygen atoms in total. The van der Waals surface area contributed by atoms with Crippen LogP contribution in [0.1, 0.15) is 72.8 Å². The molecule has 0 saturated heterocycles. The number of hydrogen-bond acceptors (Lipinski definition) is 8. The van der Waals surface area contributed by atoms with Crippen LogP contribution in [0.15, 0.2) is 30.3 Å². The van der Waals surface area contributed by atoms with E-state index >= 15 is 0 Å². The first-order valence-electron chi connectivity index (χ1n) is 10.9. The Morgan fingerprint density at radius 3 is 1.53 bits per heavy atom. The molecule has 0 aliphatic heterocycles. The van der Waals surface area contributed by atoms with E-state index in [0.29, 0.717) is 19.3 Å². The summed E-state index contributed by atoms with van der Waals surface area (Å²) in [4.78, 5) is 42.5. The minimum absolute atomic E-state index is 0.260. The van der Waals surface area contributed by atoms with Gasteiger partial charge in [0.15, 0.2) is 0 Å². The zero-order valence-corrected chi connectivity index (χ0v) is 20.6. The quantitative estimate of drug-likeness (QED) is 0.285. The van der Waals surface area contributed by atoms with Gasteiger partial charge in [-0.2, -0.15) is 0 Å². The van der Waals surface area contributed by atoms with Gasteiger partial charge in [0, 0.05) is 26.7 Å². The summed E-state index contributed by atoms with van der Waals surface area (Å²) in [5.74, 6) is -1.21. The van der Waals surface area contributed by atoms with Gasteiger partial charge in [-0.05, 0) is 18.4 Å². The number of ether oxygens (including phenoxy) is 4. The second-order valence-electron chi connectivity index (χ2n) is 5.61. The van der Waals surface area contributed by atoms with Gasteiger partial charge in [-0.15, -0.1) is 0 Å². The highest BCUT2D eigenvalue weighted by atomic mass is 16.5. The molecule has 0 aliphatic carbocycles. The second-order valence-corrected chi connectivity index (χ2v) is 5.61. The van der Waals surface area contributed by atoms with Crippen LogP contribution in [0.4, 0.5) is 0 Å². The molecule has 0 N–H and O–H groups in total. The van der Waals surface area contributed by atoms with Crippen LogP contribution in [0.5, 0.6) is 0 Å². The third kappa shape index (κ3) is 27.1. The SMILES string of the molecule is CC.CC.CC(=O)OCCCC(=O)OCc1ccccc1.COC(=O)CCCOC(C)=O. The Kier molecular flexibility index (Phi) is 27.5. The van der Waals surface area contributed by atoms with Crippen molar-refractivity contribution >= 4 is 23.9 Å². The molecule has 1 rings (SSSR count). The van der Waals surface area contributed by atoms with E-state index in [1.807, 2.05) is 58.0 Å². The number of carbonyl (C=O) groups excluding carboxylic acids is 4. The van der Waals surface area contributed by atoms with Gasteiger partial charge in [-0.3, -0.25) is 19.2 Å². The topological polar surface area (TPSA) is 105 Å². The van der Waals surface area contributed by atoms with Gasteiger partial charge in [-0.25, -0.2) is 0 Å². The van der Waals surface area contributed by atoms with E-state index in [2.05, 4.69) is 9.47 Å². The predicted octanol–water partition coefficient (Wildman–Crippen LogP) is 4.63. The van der Waals surface area contributed by atoms with Gasteiger partial charge in [0.05, 0.1) is 20.3 Å². The molecule has 0 spiro atoms. The fourth-order valence-electron chi connectivity index (χ4n) is 1.78. The van der Waals surface area contributed by atoms with Crippen molar-refractivity contribution in [2.75, 3.05) is 20.3 Å². The number of rotatable bonds is 10. The summed E-state index contributed by atoms with van der Waals surface area (Å²) < 4.78 is 18.7. The number of methoxy groups -OCH3 is 1. The molecule has 0 aliphatic rings. The molecule has 0 heterocycles. The third-order valence-corrected chi connectivity index (χ3v) is 3.13. The molecular formula is C24H40O8. The lowest BCUT2D eigenvalue weighted by molar-refractivity contribution is -0.147. The van der Waals surface area contributed by atoms with E-state index in [1.165, 1.54) is 21.0 Å². The largest absolute Gasteiger partial charge is 0.469 e. The molecule has 0 aromatic heterocycles. The molecule has 1 aromatic rings. The van der Waals surface area contributed by atoms with Gasteiger partial charge in [-0.1, -0.05) is 58.0 Å². The average molecular weight is 457 g/mol. The zero-order chi connectivity index (χ0) is 25.2. The zero-order valence-electron chi connectivity index (χ0n) is 20.6. The highest BCUT2D eigenvalue weighted by Crippen LogP contribution is 2.02. The maximum atomic E-state index is 11.3. The van der Waals surface area contributed by atoms with Gasteiger partial charge in [0.25, 0.3) is 0 Å². The van der Waals surface area contributed by atoms with Crippen molar-refractivity contribution in [3.8, 4) is 0 Å². The van der Waals surface area contributed by atoms with Crippen molar-refractivity contribution in [1.29, 1.82) is 0 Å². The molecule has 0 bridgehead atoms. The Labute approximate surface area is 192 Å². The van der Waals surface area contributed by atoms with Crippen LogP contribution < -0.4 is 0 Å². The van der Waals surface area contributed by atoms with E-state index in [1.54, 1.807) is 0 Å². The van der Waals surface area contributed by atoms with Gasteiger partial charge in [0.1, 0.15) is 6.61 Å². The van der Waals surface area contributed by atoms with Crippen molar-refractivity contribution in [1.82, 2.24) is 0 Å². The summed E-state index contributed by atoms with van der Waals surface area (Å²) in [6.07, 6.45) is 1.57. The standard InChI is InChI=1S/C13H16O4.C7H12O4.2C2H6/c1-11(14)16-9-5-8-13(15)17-10-12-6-3-2-4-7-12;1-6(8)11-5-3-4-7(9)10-2;2*1-2/h2-4,6-7H,5,8-10H2,1H3;3-5H2,1-2H3;2*1-2H3. The summed E-state index contributed by atoms with van der Waals surface area (Å²) in [6, 6.07) is 9.48. The van der Waals surface area contributed by atoms with Gasteiger partial charge < -0.3 is 18.9 Å². The highest BCUT2D eigenvalue weighted by molar-refractivity contribution is 5.70. The minimum Gasteiger partial charge on any atom is -0.469 e. The molecule has 0 radical (unpaired) electrons. The first kappa shape index (κ1) is 33.7. The summed E-state index contributed by atoms with van der Waals surface area (Å²) in [5, 5.41) is 0. The first-order valence-corrected chi connectivity index (χ1v) is 10.9. The number of benzene rings is 1. The van der Waals surface area contributed by atoms with Crippen LogP contribution >= 0.6 is 0 Å². The van der Waals surface area contributed by atoms with Crippen LogP contribution in [0.25, 0.3) is 0 Å².